The predicted octanol–water partition coefficient (Wildman–Crippen LogP) is -0.558. The van der Waals surface area contributed by atoms with Crippen LogP contribution in [-0.2, 0) is 4.79 Å². The molecule has 1 aliphatic rings. The van der Waals surface area contributed by atoms with E-state index in [0.717, 1.165) is 19.4 Å². The minimum Gasteiger partial charge on any atom is -0.480 e. The fourth-order valence-corrected chi connectivity index (χ4v) is 0.895. The molecule has 3 nitrogen and oxygen atoms in total. The number of carboxylic acids is 1. The minimum atomic E-state index is -0.720. The van der Waals surface area contributed by atoms with Crippen molar-refractivity contribution >= 4 is 24.8 Å². The van der Waals surface area contributed by atoms with Crippen molar-refractivity contribution in [1.29, 1.82) is 0 Å². The summed E-state index contributed by atoms with van der Waals surface area (Å²) >= 11 is 0. The SMILES string of the molecule is O=C(O)C1CCCN1.[Li]. The van der Waals surface area contributed by atoms with Gasteiger partial charge >= 0.3 is 5.97 Å². The van der Waals surface area contributed by atoms with E-state index in [1.54, 1.807) is 0 Å². The zero-order valence-electron chi connectivity index (χ0n) is 5.55. The number of aliphatic carboxylic acids is 1. The van der Waals surface area contributed by atoms with Crippen LogP contribution in [0.2, 0.25) is 0 Å². The first kappa shape index (κ1) is 9.03. The van der Waals surface area contributed by atoms with Crippen LogP contribution in [0.5, 0.6) is 0 Å². The molecule has 2 N–H and O–H groups in total. The number of carbonyl (C=O) groups is 1. The molecule has 47 valence electrons. The van der Waals surface area contributed by atoms with Gasteiger partial charge in [-0.25, -0.2) is 0 Å². The maximum absolute atomic E-state index is 10.1. The average molecular weight is 122 g/mol. The molecular weight excluding hydrogens is 113 g/mol. The van der Waals surface area contributed by atoms with Gasteiger partial charge in [-0.2, -0.15) is 0 Å². The van der Waals surface area contributed by atoms with E-state index in [1.807, 2.05) is 0 Å². The molecule has 1 saturated heterocycles. The molecule has 9 heavy (non-hydrogen) atoms. The summed E-state index contributed by atoms with van der Waals surface area (Å²) in [6.07, 6.45) is 1.78. The summed E-state index contributed by atoms with van der Waals surface area (Å²) in [6.45, 7) is 0.858. The van der Waals surface area contributed by atoms with Crippen molar-refractivity contribution in [2.45, 2.75) is 18.9 Å². The standard InChI is InChI=1S/C5H9NO2.Li/c7-5(8)4-2-1-3-6-4;/h4,6H,1-3H2,(H,7,8);. The molecule has 0 aliphatic carbocycles. The van der Waals surface area contributed by atoms with Crippen molar-refractivity contribution in [1.82, 2.24) is 5.32 Å². The van der Waals surface area contributed by atoms with E-state index in [9.17, 15) is 4.79 Å². The molecule has 0 aromatic heterocycles. The maximum atomic E-state index is 10.1. The van der Waals surface area contributed by atoms with E-state index in [-0.39, 0.29) is 24.9 Å². The van der Waals surface area contributed by atoms with Crippen LogP contribution >= 0.6 is 0 Å². The summed E-state index contributed by atoms with van der Waals surface area (Å²) in [5, 5.41) is 11.2. The van der Waals surface area contributed by atoms with E-state index >= 15 is 0 Å². The number of nitrogens with one attached hydrogen (secondary N) is 1. The number of carboxylic acid groups (broad SMARTS) is 1. The van der Waals surface area contributed by atoms with Crippen molar-refractivity contribution < 1.29 is 9.90 Å². The van der Waals surface area contributed by atoms with E-state index < -0.39 is 5.97 Å². The van der Waals surface area contributed by atoms with Gasteiger partial charge in [0.15, 0.2) is 0 Å². The summed E-state index contributed by atoms with van der Waals surface area (Å²) in [6, 6.07) is -0.269. The van der Waals surface area contributed by atoms with Crippen LogP contribution in [0, 0.1) is 0 Å². The Hall–Kier alpha value is 0.0274. The Balaban J connectivity index is 0.000000640. The average Bonchev–Trinajstić information content (AvgIpc) is 2.12. The first-order valence-corrected chi connectivity index (χ1v) is 2.77. The van der Waals surface area contributed by atoms with Crippen LogP contribution in [0.3, 0.4) is 0 Å². The fraction of sp³-hybridized carbons (Fsp3) is 0.800. The summed E-state index contributed by atoms with van der Waals surface area (Å²) in [4.78, 5) is 10.1. The zero-order valence-corrected chi connectivity index (χ0v) is 5.55. The monoisotopic (exact) mass is 122 g/mol. The molecule has 1 unspecified atom stereocenters. The Bertz CT molecular complexity index is 101. The zero-order chi connectivity index (χ0) is 5.98. The van der Waals surface area contributed by atoms with Crippen molar-refractivity contribution in [3.05, 3.63) is 0 Å². The quantitative estimate of drug-likeness (QED) is 0.458. The van der Waals surface area contributed by atoms with Gasteiger partial charge in [-0.15, -0.1) is 0 Å². The molecule has 1 heterocycles. The maximum Gasteiger partial charge on any atom is 0.320 e. The van der Waals surface area contributed by atoms with Crippen LogP contribution in [0.25, 0.3) is 0 Å². The Kier molecular flexibility index (Phi) is 3.95. The largest absolute Gasteiger partial charge is 0.480 e. The molecule has 0 amide bonds. The van der Waals surface area contributed by atoms with Crippen molar-refractivity contribution in [3.8, 4) is 0 Å². The van der Waals surface area contributed by atoms with Gasteiger partial charge in [-0.3, -0.25) is 4.79 Å². The Morgan fingerprint density at radius 3 is 2.56 bits per heavy atom. The van der Waals surface area contributed by atoms with Gasteiger partial charge < -0.3 is 10.4 Å². The fourth-order valence-electron chi connectivity index (χ4n) is 0.895. The second-order valence-electron chi connectivity index (χ2n) is 1.99. The third-order valence-corrected chi connectivity index (χ3v) is 1.36. The molecule has 1 rings (SSSR count). The van der Waals surface area contributed by atoms with Gasteiger partial charge in [0.05, 0.1) is 0 Å². The Labute approximate surface area is 66.0 Å². The Morgan fingerprint density at radius 2 is 2.33 bits per heavy atom. The van der Waals surface area contributed by atoms with E-state index in [1.165, 1.54) is 0 Å². The van der Waals surface area contributed by atoms with Crippen molar-refractivity contribution in [2.24, 2.45) is 0 Å². The number of hydrogen-bond donors (Lipinski definition) is 2. The van der Waals surface area contributed by atoms with Crippen LogP contribution in [0.4, 0.5) is 0 Å². The smallest absolute Gasteiger partial charge is 0.320 e. The molecule has 0 bridgehead atoms. The first-order valence-electron chi connectivity index (χ1n) is 2.77. The van der Waals surface area contributed by atoms with Crippen molar-refractivity contribution in [2.75, 3.05) is 6.54 Å². The van der Waals surface area contributed by atoms with Gasteiger partial charge in [0.2, 0.25) is 0 Å². The summed E-state index contributed by atoms with van der Waals surface area (Å²) in [5.41, 5.74) is 0. The first-order chi connectivity index (χ1) is 3.80. The summed E-state index contributed by atoms with van der Waals surface area (Å²) in [7, 11) is 0. The van der Waals surface area contributed by atoms with Gasteiger partial charge in [0.1, 0.15) is 6.04 Å². The molecular formula is C5H9LiNO2. The van der Waals surface area contributed by atoms with Gasteiger partial charge in [-0.05, 0) is 19.4 Å². The molecule has 1 radical (unpaired) electrons. The van der Waals surface area contributed by atoms with Gasteiger partial charge in [-0.1, -0.05) is 0 Å². The van der Waals surface area contributed by atoms with Crippen LogP contribution in [0.1, 0.15) is 12.8 Å². The molecule has 1 atom stereocenters. The molecule has 1 aliphatic heterocycles. The molecule has 0 aromatic rings. The van der Waals surface area contributed by atoms with Crippen molar-refractivity contribution in [3.63, 3.8) is 0 Å². The van der Waals surface area contributed by atoms with Crippen LogP contribution in [0.15, 0.2) is 0 Å². The summed E-state index contributed by atoms with van der Waals surface area (Å²) < 4.78 is 0. The second-order valence-corrected chi connectivity index (χ2v) is 1.99. The Morgan fingerprint density at radius 1 is 1.67 bits per heavy atom. The van der Waals surface area contributed by atoms with E-state index in [0.29, 0.717) is 0 Å². The van der Waals surface area contributed by atoms with E-state index in [4.69, 9.17) is 5.11 Å². The van der Waals surface area contributed by atoms with Crippen LogP contribution in [-0.4, -0.2) is 42.5 Å². The number of hydrogen-bond acceptors (Lipinski definition) is 2. The normalized spacial score (nSPS) is 25.1. The molecule has 0 spiro atoms. The third kappa shape index (κ3) is 2.40. The molecule has 0 saturated carbocycles. The predicted molar refractivity (Wildman–Crippen MR) is 34.4 cm³/mol. The minimum absolute atomic E-state index is 0. The molecule has 0 aromatic carbocycles. The van der Waals surface area contributed by atoms with Crippen LogP contribution < -0.4 is 5.32 Å². The molecule has 4 heteroatoms. The number of rotatable bonds is 1. The third-order valence-electron chi connectivity index (χ3n) is 1.36. The van der Waals surface area contributed by atoms with E-state index in [2.05, 4.69) is 5.32 Å². The summed E-state index contributed by atoms with van der Waals surface area (Å²) in [5.74, 6) is -0.720. The van der Waals surface area contributed by atoms with Gasteiger partial charge in [0, 0.05) is 18.9 Å². The van der Waals surface area contributed by atoms with Gasteiger partial charge in [0.25, 0.3) is 0 Å². The topological polar surface area (TPSA) is 49.3 Å². The second kappa shape index (κ2) is 3.94. The molecule has 1 fully saturated rings.